The SMILES string of the molecule is COc1ncccc1/C=C/C(C)C. The standard InChI is InChI=1S/C11H15NO/c1-9(2)6-7-10-5-4-8-12-11(10)13-3/h4-9H,1-3H3/b7-6+. The number of aromatic nitrogens is 1. The molecule has 0 atom stereocenters. The molecule has 0 unspecified atom stereocenters. The molecule has 0 aliphatic rings. The van der Waals surface area contributed by atoms with E-state index in [0.717, 1.165) is 5.56 Å². The third-order valence-electron chi connectivity index (χ3n) is 1.65. The van der Waals surface area contributed by atoms with E-state index in [1.165, 1.54) is 0 Å². The van der Waals surface area contributed by atoms with Gasteiger partial charge in [-0.25, -0.2) is 4.98 Å². The minimum atomic E-state index is 0.546. The van der Waals surface area contributed by atoms with Crippen LogP contribution in [0.4, 0.5) is 0 Å². The molecule has 1 heterocycles. The molecule has 0 radical (unpaired) electrons. The lowest BCUT2D eigenvalue weighted by molar-refractivity contribution is 0.397. The monoisotopic (exact) mass is 177 g/mol. The summed E-state index contributed by atoms with van der Waals surface area (Å²) in [5.41, 5.74) is 1.03. The fourth-order valence-electron chi connectivity index (χ4n) is 0.997. The smallest absolute Gasteiger partial charge is 0.220 e. The summed E-state index contributed by atoms with van der Waals surface area (Å²) in [4.78, 5) is 4.10. The maximum atomic E-state index is 5.12. The maximum absolute atomic E-state index is 5.12. The molecule has 70 valence electrons. The van der Waals surface area contributed by atoms with Gasteiger partial charge in [0, 0.05) is 11.8 Å². The number of hydrogen-bond acceptors (Lipinski definition) is 2. The van der Waals surface area contributed by atoms with E-state index < -0.39 is 0 Å². The van der Waals surface area contributed by atoms with Gasteiger partial charge in [0.05, 0.1) is 7.11 Å². The topological polar surface area (TPSA) is 22.1 Å². The first-order valence-electron chi connectivity index (χ1n) is 4.41. The number of pyridine rings is 1. The third kappa shape index (κ3) is 2.90. The second kappa shape index (κ2) is 4.65. The summed E-state index contributed by atoms with van der Waals surface area (Å²) in [6.45, 7) is 4.28. The Labute approximate surface area is 79.3 Å². The van der Waals surface area contributed by atoms with E-state index in [0.29, 0.717) is 11.8 Å². The molecule has 0 aromatic carbocycles. The first-order chi connectivity index (χ1) is 6.24. The van der Waals surface area contributed by atoms with Gasteiger partial charge >= 0.3 is 0 Å². The summed E-state index contributed by atoms with van der Waals surface area (Å²) in [6.07, 6.45) is 5.89. The van der Waals surface area contributed by atoms with Crippen molar-refractivity contribution in [3.8, 4) is 5.88 Å². The lowest BCUT2D eigenvalue weighted by atomic mass is 10.1. The predicted molar refractivity (Wildman–Crippen MR) is 54.7 cm³/mol. The Morgan fingerprint density at radius 1 is 1.46 bits per heavy atom. The van der Waals surface area contributed by atoms with Crippen LogP contribution in [0, 0.1) is 5.92 Å². The number of nitrogens with zero attached hydrogens (tertiary/aromatic N) is 1. The van der Waals surface area contributed by atoms with Crippen molar-refractivity contribution in [3.05, 3.63) is 30.0 Å². The van der Waals surface area contributed by atoms with Crippen molar-refractivity contribution in [2.24, 2.45) is 5.92 Å². The molecule has 2 nitrogen and oxygen atoms in total. The molecule has 0 amide bonds. The van der Waals surface area contributed by atoms with Crippen molar-refractivity contribution < 1.29 is 4.74 Å². The first kappa shape index (κ1) is 9.78. The van der Waals surface area contributed by atoms with E-state index in [-0.39, 0.29) is 0 Å². The molecule has 0 saturated carbocycles. The van der Waals surface area contributed by atoms with E-state index in [1.54, 1.807) is 13.3 Å². The minimum Gasteiger partial charge on any atom is -0.481 e. The highest BCUT2D eigenvalue weighted by Crippen LogP contribution is 2.15. The predicted octanol–water partition coefficient (Wildman–Crippen LogP) is 2.76. The van der Waals surface area contributed by atoms with E-state index >= 15 is 0 Å². The van der Waals surface area contributed by atoms with Crippen LogP contribution in [0.1, 0.15) is 19.4 Å². The van der Waals surface area contributed by atoms with Crippen molar-refractivity contribution in [2.75, 3.05) is 7.11 Å². The fraction of sp³-hybridized carbons (Fsp3) is 0.364. The summed E-state index contributed by atoms with van der Waals surface area (Å²) >= 11 is 0. The molecule has 0 fully saturated rings. The van der Waals surface area contributed by atoms with Gasteiger partial charge in [-0.3, -0.25) is 0 Å². The van der Waals surface area contributed by atoms with Crippen LogP contribution in [0.25, 0.3) is 6.08 Å². The Balaban J connectivity index is 2.87. The van der Waals surface area contributed by atoms with E-state index in [2.05, 4.69) is 24.9 Å². The highest BCUT2D eigenvalue weighted by atomic mass is 16.5. The largest absolute Gasteiger partial charge is 0.481 e. The van der Waals surface area contributed by atoms with Gasteiger partial charge in [0.25, 0.3) is 0 Å². The molecule has 1 aromatic heterocycles. The number of methoxy groups -OCH3 is 1. The van der Waals surface area contributed by atoms with Crippen LogP contribution in [0.15, 0.2) is 24.4 Å². The Kier molecular flexibility index (Phi) is 3.50. The van der Waals surface area contributed by atoms with Crippen molar-refractivity contribution >= 4 is 6.08 Å². The van der Waals surface area contributed by atoms with E-state index in [4.69, 9.17) is 4.74 Å². The molecule has 0 saturated heterocycles. The summed E-state index contributed by atoms with van der Waals surface area (Å²) in [5, 5.41) is 0. The zero-order valence-corrected chi connectivity index (χ0v) is 8.32. The zero-order chi connectivity index (χ0) is 9.68. The van der Waals surface area contributed by atoms with E-state index in [1.807, 2.05) is 18.2 Å². The van der Waals surface area contributed by atoms with Crippen LogP contribution < -0.4 is 4.74 Å². The Bertz CT molecular complexity index is 292. The van der Waals surface area contributed by atoms with Gasteiger partial charge in [-0.1, -0.05) is 26.0 Å². The first-order valence-corrected chi connectivity index (χ1v) is 4.41. The molecule has 0 N–H and O–H groups in total. The molecule has 1 aromatic rings. The van der Waals surface area contributed by atoms with Crippen LogP contribution in [0.3, 0.4) is 0 Å². The molecule has 1 rings (SSSR count). The van der Waals surface area contributed by atoms with Crippen LogP contribution in [-0.2, 0) is 0 Å². The summed E-state index contributed by atoms with van der Waals surface area (Å²) in [7, 11) is 1.63. The summed E-state index contributed by atoms with van der Waals surface area (Å²) < 4.78 is 5.12. The Morgan fingerprint density at radius 2 is 2.23 bits per heavy atom. The molecular formula is C11H15NO. The molecule has 13 heavy (non-hydrogen) atoms. The number of ether oxygens (including phenoxy) is 1. The fourth-order valence-corrected chi connectivity index (χ4v) is 0.997. The lowest BCUT2D eigenvalue weighted by Gasteiger charge is -2.02. The van der Waals surface area contributed by atoms with Gasteiger partial charge in [-0.15, -0.1) is 0 Å². The summed E-state index contributed by atoms with van der Waals surface area (Å²) in [6, 6.07) is 3.90. The van der Waals surface area contributed by atoms with Crippen molar-refractivity contribution in [3.63, 3.8) is 0 Å². The molecule has 0 aliphatic carbocycles. The second-order valence-electron chi connectivity index (χ2n) is 3.21. The van der Waals surface area contributed by atoms with Gasteiger partial charge < -0.3 is 4.74 Å². The zero-order valence-electron chi connectivity index (χ0n) is 8.32. The number of allylic oxidation sites excluding steroid dienone is 1. The lowest BCUT2D eigenvalue weighted by Crippen LogP contribution is -1.89. The van der Waals surface area contributed by atoms with Crippen molar-refractivity contribution in [1.82, 2.24) is 4.98 Å². The van der Waals surface area contributed by atoms with Crippen LogP contribution in [0.5, 0.6) is 5.88 Å². The van der Waals surface area contributed by atoms with Crippen LogP contribution in [-0.4, -0.2) is 12.1 Å². The maximum Gasteiger partial charge on any atom is 0.220 e. The molecule has 0 aliphatic heterocycles. The number of rotatable bonds is 3. The molecule has 2 heteroatoms. The van der Waals surface area contributed by atoms with Gasteiger partial charge in [0.1, 0.15) is 0 Å². The van der Waals surface area contributed by atoms with Crippen LogP contribution >= 0.6 is 0 Å². The average Bonchev–Trinajstić information content (AvgIpc) is 2.15. The highest BCUT2D eigenvalue weighted by Gasteiger charge is 1.97. The minimum absolute atomic E-state index is 0.546. The highest BCUT2D eigenvalue weighted by molar-refractivity contribution is 5.54. The third-order valence-corrected chi connectivity index (χ3v) is 1.65. The van der Waals surface area contributed by atoms with Gasteiger partial charge in [0.15, 0.2) is 0 Å². The Morgan fingerprint density at radius 3 is 2.85 bits per heavy atom. The van der Waals surface area contributed by atoms with Gasteiger partial charge in [-0.2, -0.15) is 0 Å². The Hall–Kier alpha value is -1.31. The second-order valence-corrected chi connectivity index (χ2v) is 3.21. The van der Waals surface area contributed by atoms with E-state index in [9.17, 15) is 0 Å². The molecule has 0 bridgehead atoms. The molecule has 0 spiro atoms. The number of hydrogen-bond donors (Lipinski definition) is 0. The molecular weight excluding hydrogens is 162 g/mol. The summed E-state index contributed by atoms with van der Waals surface area (Å²) in [5.74, 6) is 1.23. The average molecular weight is 177 g/mol. The van der Waals surface area contributed by atoms with Crippen molar-refractivity contribution in [1.29, 1.82) is 0 Å². The normalized spacial score (nSPS) is 11.1. The van der Waals surface area contributed by atoms with Gasteiger partial charge in [0.2, 0.25) is 5.88 Å². The van der Waals surface area contributed by atoms with Crippen LogP contribution in [0.2, 0.25) is 0 Å². The van der Waals surface area contributed by atoms with Gasteiger partial charge in [-0.05, 0) is 18.1 Å². The quantitative estimate of drug-likeness (QED) is 0.708. The van der Waals surface area contributed by atoms with Crippen molar-refractivity contribution in [2.45, 2.75) is 13.8 Å².